The van der Waals surface area contributed by atoms with Crippen LogP contribution in [0, 0.1) is 0 Å². The Morgan fingerprint density at radius 1 is 0.529 bits per heavy atom. The van der Waals surface area contributed by atoms with Crippen molar-refractivity contribution in [3.63, 3.8) is 0 Å². The van der Waals surface area contributed by atoms with Crippen LogP contribution in [0.3, 0.4) is 0 Å². The standard InChI is InChI=1S/C64H83NO3/c1-5-9-11-13-15-18-22-27-45-64(46-28-23-19-16-14-12-10-6-2)60-49-54(39-43-58(60)59-44-40-55(50-61(59)64)62-31-26-29-47-65-62)53-35-33-51(34-36-53)52-37-41-57(42-38-52)67-48-30-24-20-17-21-25-32-63(66)68-56(7-3)8-4/h7-8,26,29,31,33-44,47,49-50,56H,3-6,9-25,27-28,30,32,45-46,48H2,1-2H3. The molecule has 0 radical (unpaired) electrons. The number of aromatic nitrogens is 1. The zero-order valence-corrected chi connectivity index (χ0v) is 42.1. The molecular formula is C64H83NO3. The molecule has 362 valence electrons. The number of esters is 1. The molecule has 4 aromatic carbocycles. The Bertz CT molecular complexity index is 2210. The summed E-state index contributed by atoms with van der Waals surface area (Å²) in [6, 6.07) is 38.7. The van der Waals surface area contributed by atoms with E-state index in [0.717, 1.165) is 50.0 Å². The van der Waals surface area contributed by atoms with Gasteiger partial charge in [0.2, 0.25) is 0 Å². The Morgan fingerprint density at radius 2 is 0.985 bits per heavy atom. The smallest absolute Gasteiger partial charge is 0.306 e. The summed E-state index contributed by atoms with van der Waals surface area (Å²) in [7, 11) is 0. The van der Waals surface area contributed by atoms with Gasteiger partial charge in [0.25, 0.3) is 0 Å². The van der Waals surface area contributed by atoms with Crippen LogP contribution in [0.5, 0.6) is 5.75 Å². The molecule has 0 saturated heterocycles. The number of hydrogen-bond donors (Lipinski definition) is 0. The predicted octanol–water partition coefficient (Wildman–Crippen LogP) is 18.8. The summed E-state index contributed by atoms with van der Waals surface area (Å²) in [6.45, 7) is 12.7. The summed E-state index contributed by atoms with van der Waals surface area (Å²) < 4.78 is 11.4. The number of fused-ring (bicyclic) bond motifs is 3. The third-order valence-corrected chi connectivity index (χ3v) is 14.4. The number of benzene rings is 4. The van der Waals surface area contributed by atoms with Crippen molar-refractivity contribution in [1.29, 1.82) is 0 Å². The fourth-order valence-electron chi connectivity index (χ4n) is 10.4. The molecular weight excluding hydrogens is 831 g/mol. The van der Waals surface area contributed by atoms with Gasteiger partial charge in [-0.25, -0.2) is 0 Å². The van der Waals surface area contributed by atoms with Gasteiger partial charge in [-0.05, 0) is 119 Å². The van der Waals surface area contributed by atoms with Crippen molar-refractivity contribution in [2.75, 3.05) is 6.61 Å². The summed E-state index contributed by atoms with van der Waals surface area (Å²) in [5, 5.41) is 0. The van der Waals surface area contributed by atoms with Gasteiger partial charge in [0.1, 0.15) is 11.9 Å². The molecule has 0 bridgehead atoms. The zero-order chi connectivity index (χ0) is 47.7. The molecule has 0 atom stereocenters. The highest BCUT2D eigenvalue weighted by atomic mass is 16.5. The van der Waals surface area contributed by atoms with Gasteiger partial charge in [-0.3, -0.25) is 9.78 Å². The second-order valence-electron chi connectivity index (χ2n) is 19.5. The lowest BCUT2D eigenvalue weighted by Gasteiger charge is -2.33. The van der Waals surface area contributed by atoms with Gasteiger partial charge in [-0.15, -0.1) is 0 Å². The summed E-state index contributed by atoms with van der Waals surface area (Å²) in [5.74, 6) is 0.731. The largest absolute Gasteiger partial charge is 0.494 e. The lowest BCUT2D eigenvalue weighted by Crippen LogP contribution is -2.25. The molecule has 5 aromatic rings. The van der Waals surface area contributed by atoms with E-state index < -0.39 is 6.10 Å². The third kappa shape index (κ3) is 15.4. The first kappa shape index (κ1) is 52.2. The Hall–Kier alpha value is -5.22. The zero-order valence-electron chi connectivity index (χ0n) is 42.1. The maximum absolute atomic E-state index is 12.0. The van der Waals surface area contributed by atoms with E-state index in [4.69, 9.17) is 14.5 Å². The highest BCUT2D eigenvalue weighted by Gasteiger charge is 2.42. The number of rotatable bonds is 34. The van der Waals surface area contributed by atoms with Crippen LogP contribution in [0.4, 0.5) is 0 Å². The molecule has 0 N–H and O–H groups in total. The van der Waals surface area contributed by atoms with E-state index in [0.29, 0.717) is 13.0 Å². The van der Waals surface area contributed by atoms with Crippen molar-refractivity contribution in [3.8, 4) is 50.4 Å². The SMILES string of the molecule is C=CC(C=C)OC(=O)CCCCCCCCOc1ccc(-c2ccc(-c3ccc4c(c3)C(CCCCCCCCCC)(CCCCCCCCCC)c3cc(-c5ccccn5)ccc3-4)cc2)cc1. The van der Waals surface area contributed by atoms with Crippen molar-refractivity contribution in [1.82, 2.24) is 4.98 Å². The molecule has 1 aliphatic carbocycles. The molecule has 0 fully saturated rings. The fourth-order valence-corrected chi connectivity index (χ4v) is 10.4. The van der Waals surface area contributed by atoms with E-state index in [2.05, 4.69) is 124 Å². The Kier molecular flexibility index (Phi) is 22.2. The minimum atomic E-state index is -0.397. The van der Waals surface area contributed by atoms with Gasteiger partial charge in [0, 0.05) is 23.6 Å². The highest BCUT2D eigenvalue weighted by molar-refractivity contribution is 5.86. The van der Waals surface area contributed by atoms with Crippen LogP contribution in [-0.4, -0.2) is 23.7 Å². The Morgan fingerprint density at radius 3 is 1.51 bits per heavy atom. The molecule has 68 heavy (non-hydrogen) atoms. The number of unbranched alkanes of at least 4 members (excludes halogenated alkanes) is 19. The molecule has 0 amide bonds. The van der Waals surface area contributed by atoms with Gasteiger partial charge < -0.3 is 9.47 Å². The van der Waals surface area contributed by atoms with Gasteiger partial charge >= 0.3 is 5.97 Å². The van der Waals surface area contributed by atoms with Gasteiger partial charge in [0.05, 0.1) is 12.3 Å². The number of carbonyl (C=O) groups excluding carboxylic acids is 1. The number of carbonyl (C=O) groups is 1. The molecule has 0 unspecified atom stereocenters. The molecule has 0 spiro atoms. The maximum Gasteiger partial charge on any atom is 0.306 e. The van der Waals surface area contributed by atoms with Crippen LogP contribution in [-0.2, 0) is 14.9 Å². The van der Waals surface area contributed by atoms with Crippen molar-refractivity contribution in [2.24, 2.45) is 0 Å². The lowest BCUT2D eigenvalue weighted by atomic mass is 9.70. The van der Waals surface area contributed by atoms with Crippen molar-refractivity contribution < 1.29 is 14.3 Å². The van der Waals surface area contributed by atoms with E-state index in [1.807, 2.05) is 12.3 Å². The van der Waals surface area contributed by atoms with Gasteiger partial charge in [0.15, 0.2) is 0 Å². The minimum Gasteiger partial charge on any atom is -0.494 e. The molecule has 1 heterocycles. The second-order valence-corrected chi connectivity index (χ2v) is 19.5. The van der Waals surface area contributed by atoms with Gasteiger partial charge in [-0.1, -0.05) is 222 Å². The van der Waals surface area contributed by atoms with Crippen LogP contribution in [0.1, 0.15) is 185 Å². The number of hydrogen-bond acceptors (Lipinski definition) is 4. The molecule has 1 aliphatic rings. The van der Waals surface area contributed by atoms with Crippen LogP contribution in [0.2, 0.25) is 0 Å². The fraction of sp³-hybridized carbons (Fsp3) is 0.469. The number of pyridine rings is 1. The van der Waals surface area contributed by atoms with Crippen molar-refractivity contribution >= 4 is 5.97 Å². The maximum atomic E-state index is 12.0. The molecule has 1 aromatic heterocycles. The Labute approximate surface area is 412 Å². The number of ether oxygens (including phenoxy) is 2. The Balaban J connectivity index is 1.11. The summed E-state index contributed by atoms with van der Waals surface area (Å²) >= 11 is 0. The lowest BCUT2D eigenvalue weighted by molar-refractivity contribution is -0.145. The van der Waals surface area contributed by atoms with Crippen LogP contribution in [0.25, 0.3) is 44.6 Å². The number of nitrogens with zero attached hydrogens (tertiary/aromatic N) is 1. The van der Waals surface area contributed by atoms with E-state index in [9.17, 15) is 4.79 Å². The molecule has 0 aliphatic heterocycles. The summed E-state index contributed by atoms with van der Waals surface area (Å²) in [4.78, 5) is 16.8. The van der Waals surface area contributed by atoms with E-state index >= 15 is 0 Å². The van der Waals surface area contributed by atoms with Crippen molar-refractivity contribution in [3.05, 3.63) is 146 Å². The van der Waals surface area contributed by atoms with Gasteiger partial charge in [-0.2, -0.15) is 0 Å². The van der Waals surface area contributed by atoms with E-state index in [1.54, 1.807) is 12.2 Å². The average Bonchev–Trinajstić information content (AvgIpc) is 3.64. The first-order valence-electron chi connectivity index (χ1n) is 27.0. The molecule has 4 heteroatoms. The molecule has 4 nitrogen and oxygen atoms in total. The van der Waals surface area contributed by atoms with Crippen LogP contribution < -0.4 is 4.74 Å². The first-order valence-corrected chi connectivity index (χ1v) is 27.0. The normalized spacial score (nSPS) is 12.5. The monoisotopic (exact) mass is 914 g/mol. The second kappa shape index (κ2) is 29.0. The average molecular weight is 914 g/mol. The minimum absolute atomic E-state index is 0.0139. The highest BCUT2D eigenvalue weighted by Crippen LogP contribution is 2.56. The summed E-state index contributed by atoms with van der Waals surface area (Å²) in [6.07, 6.45) is 35.2. The topological polar surface area (TPSA) is 48.4 Å². The van der Waals surface area contributed by atoms with Crippen LogP contribution in [0.15, 0.2) is 135 Å². The third-order valence-electron chi connectivity index (χ3n) is 14.4. The predicted molar refractivity (Wildman–Crippen MR) is 289 cm³/mol. The van der Waals surface area contributed by atoms with Crippen LogP contribution >= 0.6 is 0 Å². The molecule has 0 saturated carbocycles. The quantitative estimate of drug-likeness (QED) is 0.0234. The van der Waals surface area contributed by atoms with Crippen molar-refractivity contribution in [2.45, 2.75) is 186 Å². The molecule has 6 rings (SSSR count). The van der Waals surface area contributed by atoms with E-state index in [-0.39, 0.29) is 11.4 Å². The summed E-state index contributed by atoms with van der Waals surface area (Å²) in [5.41, 5.74) is 13.2. The van der Waals surface area contributed by atoms with E-state index in [1.165, 1.54) is 166 Å². The first-order chi connectivity index (χ1) is 33.5.